The maximum Gasteiger partial charge on any atom is 0.443 e. The highest BCUT2D eigenvalue weighted by Crippen LogP contribution is 2.41. The van der Waals surface area contributed by atoms with Gasteiger partial charge in [-0.2, -0.15) is 13.2 Å². The first kappa shape index (κ1) is 16.2. The Morgan fingerprint density at radius 1 is 0.857 bits per heavy atom. The minimum Gasteiger partial charge on any atom is -0.160 e. The Kier molecular flexibility index (Phi) is 5.59. The number of benzene rings is 2. The van der Waals surface area contributed by atoms with Crippen molar-refractivity contribution in [3.8, 4) is 0 Å². The summed E-state index contributed by atoms with van der Waals surface area (Å²) in [5.74, 6) is -0.148. The van der Waals surface area contributed by atoms with Crippen molar-refractivity contribution in [1.82, 2.24) is 0 Å². The first-order valence-corrected chi connectivity index (χ1v) is 7.76. The molecule has 0 bridgehead atoms. The van der Waals surface area contributed by atoms with E-state index in [-0.39, 0.29) is 24.1 Å². The molecule has 0 fully saturated rings. The molecule has 0 heterocycles. The first-order chi connectivity index (χ1) is 9.96. The molecule has 0 aliphatic heterocycles. The van der Waals surface area contributed by atoms with Gasteiger partial charge in [-0.15, -0.1) is 11.6 Å². The van der Waals surface area contributed by atoms with Crippen molar-refractivity contribution in [2.75, 3.05) is 0 Å². The topological polar surface area (TPSA) is 0 Å². The van der Waals surface area contributed by atoms with E-state index in [1.54, 1.807) is 0 Å². The fourth-order valence-electron chi connectivity index (χ4n) is 2.21. The standard InChI is InChI=1S/C16H14ClF3S/c17-15(21-16(18,19)20)11-14(12-7-3-1-4-8-12)13-9-5-2-6-10-13/h1-10,14-15H,11H2. The largest absolute Gasteiger partial charge is 0.443 e. The van der Waals surface area contributed by atoms with Crippen molar-refractivity contribution in [3.63, 3.8) is 0 Å². The van der Waals surface area contributed by atoms with Crippen LogP contribution < -0.4 is 0 Å². The fourth-order valence-corrected chi connectivity index (χ4v) is 3.27. The van der Waals surface area contributed by atoms with Crippen molar-refractivity contribution in [1.29, 1.82) is 0 Å². The van der Waals surface area contributed by atoms with Crippen LogP contribution in [0.3, 0.4) is 0 Å². The number of hydrogen-bond donors (Lipinski definition) is 0. The third kappa shape index (κ3) is 5.29. The molecule has 0 spiro atoms. The second-order valence-electron chi connectivity index (χ2n) is 4.58. The third-order valence-corrected chi connectivity index (χ3v) is 4.25. The van der Waals surface area contributed by atoms with Crippen LogP contribution in [0.5, 0.6) is 0 Å². The summed E-state index contributed by atoms with van der Waals surface area (Å²) in [5.41, 5.74) is -2.38. The van der Waals surface area contributed by atoms with E-state index in [1.807, 2.05) is 60.7 Å². The lowest BCUT2D eigenvalue weighted by Crippen LogP contribution is -2.11. The quantitative estimate of drug-likeness (QED) is 0.603. The molecule has 0 saturated carbocycles. The monoisotopic (exact) mass is 330 g/mol. The van der Waals surface area contributed by atoms with Crippen LogP contribution in [0.2, 0.25) is 0 Å². The van der Waals surface area contributed by atoms with E-state index in [9.17, 15) is 13.2 Å². The molecule has 1 atom stereocenters. The molecule has 112 valence electrons. The van der Waals surface area contributed by atoms with Gasteiger partial charge in [0.05, 0.1) is 4.71 Å². The predicted octanol–water partition coefficient (Wildman–Crippen LogP) is 6.03. The Morgan fingerprint density at radius 3 is 1.67 bits per heavy atom. The fraction of sp³-hybridized carbons (Fsp3) is 0.250. The lowest BCUT2D eigenvalue weighted by Gasteiger charge is -2.21. The van der Waals surface area contributed by atoms with Crippen LogP contribution in [0, 0.1) is 0 Å². The van der Waals surface area contributed by atoms with E-state index in [0.717, 1.165) is 11.1 Å². The van der Waals surface area contributed by atoms with E-state index in [0.29, 0.717) is 0 Å². The Labute approximate surface area is 131 Å². The SMILES string of the molecule is FC(F)(F)SC(Cl)CC(c1ccccc1)c1ccccc1. The number of alkyl halides is 4. The molecule has 0 aliphatic carbocycles. The summed E-state index contributed by atoms with van der Waals surface area (Å²) >= 11 is 5.74. The zero-order valence-corrected chi connectivity index (χ0v) is 12.6. The maximum absolute atomic E-state index is 12.4. The maximum atomic E-state index is 12.4. The normalized spacial score (nSPS) is 13.4. The van der Waals surface area contributed by atoms with Gasteiger partial charge in [0.2, 0.25) is 0 Å². The summed E-state index contributed by atoms with van der Waals surface area (Å²) in [6.07, 6.45) is 0.222. The van der Waals surface area contributed by atoms with Gasteiger partial charge < -0.3 is 0 Å². The number of rotatable bonds is 5. The molecule has 2 aromatic carbocycles. The Bertz CT molecular complexity index is 503. The summed E-state index contributed by atoms with van der Waals surface area (Å²) in [5, 5.41) is 0. The number of thioether (sulfide) groups is 1. The van der Waals surface area contributed by atoms with Crippen LogP contribution >= 0.6 is 23.4 Å². The van der Waals surface area contributed by atoms with Gasteiger partial charge in [0.25, 0.3) is 0 Å². The zero-order valence-electron chi connectivity index (χ0n) is 11.1. The van der Waals surface area contributed by atoms with Gasteiger partial charge in [-0.1, -0.05) is 60.7 Å². The van der Waals surface area contributed by atoms with Gasteiger partial charge in [-0.3, -0.25) is 0 Å². The molecule has 0 amide bonds. The average Bonchev–Trinajstić information content (AvgIpc) is 2.45. The van der Waals surface area contributed by atoms with Crippen molar-refractivity contribution < 1.29 is 13.2 Å². The Morgan fingerprint density at radius 2 is 1.29 bits per heavy atom. The second-order valence-corrected chi connectivity index (χ2v) is 6.64. The smallest absolute Gasteiger partial charge is 0.160 e. The van der Waals surface area contributed by atoms with Crippen LogP contribution in [0.1, 0.15) is 23.5 Å². The summed E-state index contributed by atoms with van der Waals surface area (Å²) < 4.78 is 36.3. The molecular formula is C16H14ClF3S. The van der Waals surface area contributed by atoms with Gasteiger partial charge in [0.1, 0.15) is 0 Å². The van der Waals surface area contributed by atoms with Crippen LogP contribution in [0.4, 0.5) is 13.2 Å². The second kappa shape index (κ2) is 7.23. The molecule has 1 unspecified atom stereocenters. The molecule has 21 heavy (non-hydrogen) atoms. The average molecular weight is 331 g/mol. The van der Waals surface area contributed by atoms with Gasteiger partial charge in [-0.25, -0.2) is 0 Å². The summed E-state index contributed by atoms with van der Waals surface area (Å²) in [6.45, 7) is 0. The minimum atomic E-state index is -4.32. The van der Waals surface area contributed by atoms with Crippen LogP contribution in [0.15, 0.2) is 60.7 Å². The number of halogens is 4. The molecular weight excluding hydrogens is 317 g/mol. The van der Waals surface area contributed by atoms with Gasteiger partial charge >= 0.3 is 5.51 Å². The zero-order chi connectivity index (χ0) is 15.3. The van der Waals surface area contributed by atoms with Crippen molar-refractivity contribution in [2.45, 2.75) is 22.6 Å². The van der Waals surface area contributed by atoms with E-state index in [4.69, 9.17) is 11.6 Å². The van der Waals surface area contributed by atoms with E-state index in [2.05, 4.69) is 0 Å². The lowest BCUT2D eigenvalue weighted by atomic mass is 9.89. The summed E-state index contributed by atoms with van der Waals surface area (Å²) in [7, 11) is 0. The van der Waals surface area contributed by atoms with Crippen LogP contribution in [-0.4, -0.2) is 10.2 Å². The lowest BCUT2D eigenvalue weighted by molar-refractivity contribution is -0.0330. The van der Waals surface area contributed by atoms with Crippen molar-refractivity contribution in [3.05, 3.63) is 71.8 Å². The number of hydrogen-bond acceptors (Lipinski definition) is 1. The summed E-state index contributed by atoms with van der Waals surface area (Å²) in [4.78, 5) is 0. The Balaban J connectivity index is 2.21. The first-order valence-electron chi connectivity index (χ1n) is 6.44. The van der Waals surface area contributed by atoms with Gasteiger partial charge in [-0.05, 0) is 29.3 Å². The van der Waals surface area contributed by atoms with Crippen molar-refractivity contribution >= 4 is 23.4 Å². The van der Waals surface area contributed by atoms with E-state index >= 15 is 0 Å². The van der Waals surface area contributed by atoms with E-state index < -0.39 is 10.2 Å². The highest BCUT2D eigenvalue weighted by Gasteiger charge is 2.33. The highest BCUT2D eigenvalue weighted by atomic mass is 35.5. The summed E-state index contributed by atoms with van der Waals surface area (Å²) in [6, 6.07) is 19.0. The van der Waals surface area contributed by atoms with Crippen molar-refractivity contribution in [2.24, 2.45) is 0 Å². The van der Waals surface area contributed by atoms with Gasteiger partial charge in [0, 0.05) is 5.92 Å². The molecule has 2 rings (SSSR count). The minimum absolute atomic E-state index is 0.148. The van der Waals surface area contributed by atoms with Crippen LogP contribution in [0.25, 0.3) is 0 Å². The molecule has 5 heteroatoms. The van der Waals surface area contributed by atoms with Crippen LogP contribution in [-0.2, 0) is 0 Å². The molecule has 0 nitrogen and oxygen atoms in total. The highest BCUT2D eigenvalue weighted by molar-refractivity contribution is 8.01. The molecule has 0 N–H and O–H groups in total. The molecule has 2 aromatic rings. The molecule has 0 saturated heterocycles. The van der Waals surface area contributed by atoms with Gasteiger partial charge in [0.15, 0.2) is 0 Å². The third-order valence-electron chi connectivity index (χ3n) is 3.09. The predicted molar refractivity (Wildman–Crippen MR) is 82.6 cm³/mol. The molecule has 0 aliphatic rings. The Hall–Kier alpha value is -1.13. The molecule has 0 radical (unpaired) electrons. The van der Waals surface area contributed by atoms with E-state index in [1.165, 1.54) is 0 Å². The molecule has 0 aromatic heterocycles.